The summed E-state index contributed by atoms with van der Waals surface area (Å²) in [5.74, 6) is -0.0611. The van der Waals surface area contributed by atoms with Gasteiger partial charge < -0.3 is 10.2 Å². The zero-order valence-electron chi connectivity index (χ0n) is 15.8. The average Bonchev–Trinajstić information content (AvgIpc) is 2.69. The summed E-state index contributed by atoms with van der Waals surface area (Å²) >= 11 is 0. The lowest BCUT2D eigenvalue weighted by atomic mass is 9.39. The maximum Gasteiger partial charge on any atom is 0.309 e. The molecule has 25 heavy (non-hydrogen) atoms. The van der Waals surface area contributed by atoms with E-state index in [9.17, 15) is 19.8 Å². The third-order valence-electron chi connectivity index (χ3n) is 9.35. The number of rotatable bonds is 2. The number of hydrogen-bond donors (Lipinski definition) is 2. The van der Waals surface area contributed by atoms with E-state index in [1.807, 2.05) is 6.92 Å². The number of carboxylic acid groups (broad SMARTS) is 1. The van der Waals surface area contributed by atoms with Gasteiger partial charge in [-0.05, 0) is 74.5 Å². The van der Waals surface area contributed by atoms with Crippen molar-refractivity contribution in [2.75, 3.05) is 6.61 Å². The molecule has 2 bridgehead atoms. The smallest absolute Gasteiger partial charge is 0.309 e. The summed E-state index contributed by atoms with van der Waals surface area (Å²) in [4.78, 5) is 25.2. The highest BCUT2D eigenvalue weighted by Gasteiger charge is 2.71. The first kappa shape index (κ1) is 17.5. The van der Waals surface area contributed by atoms with Gasteiger partial charge in [-0.25, -0.2) is 0 Å². The number of Topliss-reactive ketones (excluding diaryl/α,β-unsaturated/α-hetero) is 1. The molecule has 4 aliphatic carbocycles. The monoisotopic (exact) mass is 348 g/mol. The maximum absolute atomic E-state index is 13.0. The molecule has 2 N–H and O–H groups in total. The zero-order valence-corrected chi connectivity index (χ0v) is 15.8. The number of fused-ring (bicyclic) bond motifs is 3. The zero-order chi connectivity index (χ0) is 18.3. The fraction of sp³-hybridized carbons (Fsp3) is 0.905. The van der Waals surface area contributed by atoms with Gasteiger partial charge in [0.2, 0.25) is 0 Å². The van der Waals surface area contributed by atoms with Gasteiger partial charge in [0.05, 0.1) is 12.0 Å². The van der Waals surface area contributed by atoms with E-state index in [0.29, 0.717) is 5.92 Å². The van der Waals surface area contributed by atoms with Crippen LogP contribution in [-0.2, 0) is 9.59 Å². The molecule has 140 valence electrons. The minimum absolute atomic E-state index is 0.0248. The van der Waals surface area contributed by atoms with Crippen molar-refractivity contribution in [2.24, 2.45) is 39.4 Å². The fourth-order valence-electron chi connectivity index (χ4n) is 8.28. The molecule has 0 aliphatic heterocycles. The molecule has 0 unspecified atom stereocenters. The number of hydrogen-bond acceptors (Lipinski definition) is 3. The molecule has 0 heterocycles. The summed E-state index contributed by atoms with van der Waals surface area (Å²) in [5, 5.41) is 20.1. The van der Waals surface area contributed by atoms with E-state index in [1.165, 1.54) is 0 Å². The molecule has 0 aromatic heterocycles. The highest BCUT2D eigenvalue weighted by Crippen LogP contribution is 2.74. The highest BCUT2D eigenvalue weighted by atomic mass is 16.4. The Morgan fingerprint density at radius 1 is 1.08 bits per heavy atom. The van der Waals surface area contributed by atoms with Crippen LogP contribution in [0, 0.1) is 39.4 Å². The van der Waals surface area contributed by atoms with Gasteiger partial charge in [-0.2, -0.15) is 0 Å². The van der Waals surface area contributed by atoms with Crippen LogP contribution in [0.4, 0.5) is 0 Å². The topological polar surface area (TPSA) is 74.6 Å². The van der Waals surface area contributed by atoms with E-state index >= 15 is 0 Å². The second-order valence-corrected chi connectivity index (χ2v) is 10.3. The lowest BCUT2D eigenvalue weighted by molar-refractivity contribution is -0.189. The van der Waals surface area contributed by atoms with E-state index in [4.69, 9.17) is 0 Å². The Kier molecular flexibility index (Phi) is 3.56. The summed E-state index contributed by atoms with van der Waals surface area (Å²) in [6.07, 6.45) is 7.40. The molecule has 0 aromatic carbocycles. The van der Waals surface area contributed by atoms with Crippen molar-refractivity contribution in [1.29, 1.82) is 0 Å². The van der Waals surface area contributed by atoms with Gasteiger partial charge in [-0.15, -0.1) is 0 Å². The van der Waals surface area contributed by atoms with Gasteiger partial charge in [-0.1, -0.05) is 20.3 Å². The Morgan fingerprint density at radius 2 is 1.76 bits per heavy atom. The Labute approximate surface area is 150 Å². The molecule has 7 atom stereocenters. The SMILES string of the molecule is C[C@]12CC[C@H]3[C@]4(C)CCC[C@@](C)(C(=O)O)[C@H]4CC[C@@]3(C1)[C@H](CO)C2=O. The Balaban J connectivity index is 1.80. The molecule has 4 aliphatic rings. The maximum atomic E-state index is 13.0. The molecule has 0 radical (unpaired) electrons. The summed E-state index contributed by atoms with van der Waals surface area (Å²) in [7, 11) is 0. The van der Waals surface area contributed by atoms with E-state index in [2.05, 4.69) is 13.8 Å². The predicted octanol–water partition coefficient (Wildman–Crippen LogP) is 3.66. The molecule has 0 saturated heterocycles. The van der Waals surface area contributed by atoms with Gasteiger partial charge in [0.15, 0.2) is 0 Å². The lowest BCUT2D eigenvalue weighted by Crippen LogP contribution is -2.60. The van der Waals surface area contributed by atoms with Crippen LogP contribution in [0.15, 0.2) is 0 Å². The number of aliphatic hydroxyl groups excluding tert-OH is 1. The van der Waals surface area contributed by atoms with Gasteiger partial charge in [0.25, 0.3) is 0 Å². The van der Waals surface area contributed by atoms with Gasteiger partial charge in [-0.3, -0.25) is 9.59 Å². The summed E-state index contributed by atoms with van der Waals surface area (Å²) in [5.41, 5.74) is -1.03. The number of ketones is 1. The van der Waals surface area contributed by atoms with E-state index in [0.717, 1.165) is 51.4 Å². The van der Waals surface area contributed by atoms with Crippen LogP contribution in [0.1, 0.15) is 72.1 Å². The predicted molar refractivity (Wildman–Crippen MR) is 93.9 cm³/mol. The van der Waals surface area contributed by atoms with Crippen molar-refractivity contribution < 1.29 is 19.8 Å². The molecule has 0 aromatic rings. The van der Waals surface area contributed by atoms with Crippen LogP contribution in [0.3, 0.4) is 0 Å². The second-order valence-electron chi connectivity index (χ2n) is 10.3. The van der Waals surface area contributed by atoms with E-state index in [-0.39, 0.29) is 40.5 Å². The van der Waals surface area contributed by atoms with Crippen molar-refractivity contribution in [1.82, 2.24) is 0 Å². The second kappa shape index (κ2) is 5.09. The Bertz CT molecular complexity index is 629. The fourth-order valence-corrected chi connectivity index (χ4v) is 8.28. The molecule has 1 spiro atoms. The van der Waals surface area contributed by atoms with Crippen LogP contribution in [0.5, 0.6) is 0 Å². The van der Waals surface area contributed by atoms with Crippen LogP contribution in [0.25, 0.3) is 0 Å². The van der Waals surface area contributed by atoms with Crippen LogP contribution in [0.2, 0.25) is 0 Å². The Hall–Kier alpha value is -0.900. The van der Waals surface area contributed by atoms with Crippen molar-refractivity contribution >= 4 is 11.8 Å². The standard InChI is InChI=1S/C21H32O4/c1-18-9-5-15-19(2)7-4-8-20(3,17(24)25)14(19)6-10-21(15,12-18)13(11-22)16(18)23/h13-15,22H,4-12H2,1-3H3,(H,24,25)/t13-,14+,15+,18+,19-,20-,21-/m1/s1. The number of aliphatic hydroxyl groups is 1. The lowest BCUT2D eigenvalue weighted by Gasteiger charge is -2.64. The minimum atomic E-state index is -0.652. The van der Waals surface area contributed by atoms with Crippen LogP contribution >= 0.6 is 0 Å². The number of carbonyl (C=O) groups excluding carboxylic acids is 1. The summed E-state index contributed by atoms with van der Waals surface area (Å²) in [6.45, 7) is 6.32. The first-order valence-electron chi connectivity index (χ1n) is 10.0. The van der Waals surface area contributed by atoms with E-state index < -0.39 is 11.4 Å². The largest absolute Gasteiger partial charge is 0.481 e. The summed E-state index contributed by atoms with van der Waals surface area (Å²) in [6, 6.07) is 0. The van der Waals surface area contributed by atoms with Crippen molar-refractivity contribution in [3.05, 3.63) is 0 Å². The molecule has 4 fully saturated rings. The molecule has 4 heteroatoms. The minimum Gasteiger partial charge on any atom is -0.481 e. The number of aliphatic carboxylic acids is 1. The Morgan fingerprint density at radius 3 is 2.40 bits per heavy atom. The molecular weight excluding hydrogens is 316 g/mol. The molecule has 4 rings (SSSR count). The molecular formula is C21H32O4. The van der Waals surface area contributed by atoms with Crippen molar-refractivity contribution in [3.8, 4) is 0 Å². The van der Waals surface area contributed by atoms with Gasteiger partial charge in [0.1, 0.15) is 5.78 Å². The number of carbonyl (C=O) groups is 2. The number of carboxylic acids is 1. The van der Waals surface area contributed by atoms with Crippen molar-refractivity contribution in [3.63, 3.8) is 0 Å². The molecule has 4 nitrogen and oxygen atoms in total. The van der Waals surface area contributed by atoms with Crippen molar-refractivity contribution in [2.45, 2.75) is 72.1 Å². The molecule has 0 amide bonds. The van der Waals surface area contributed by atoms with Gasteiger partial charge >= 0.3 is 5.97 Å². The molecule has 4 saturated carbocycles. The first-order chi connectivity index (χ1) is 11.6. The average molecular weight is 348 g/mol. The summed E-state index contributed by atoms with van der Waals surface area (Å²) < 4.78 is 0. The van der Waals surface area contributed by atoms with Crippen LogP contribution < -0.4 is 0 Å². The highest BCUT2D eigenvalue weighted by molar-refractivity contribution is 5.90. The third-order valence-corrected chi connectivity index (χ3v) is 9.35. The third kappa shape index (κ3) is 1.92. The van der Waals surface area contributed by atoms with E-state index in [1.54, 1.807) is 0 Å². The normalized spacial score (nSPS) is 54.7. The van der Waals surface area contributed by atoms with Crippen LogP contribution in [-0.4, -0.2) is 28.6 Å². The quantitative estimate of drug-likeness (QED) is 0.798. The first-order valence-corrected chi connectivity index (χ1v) is 10.0. The van der Waals surface area contributed by atoms with Gasteiger partial charge in [0, 0.05) is 11.3 Å².